The van der Waals surface area contributed by atoms with E-state index in [1.807, 2.05) is 19.9 Å². The Kier molecular flexibility index (Phi) is 4.79. The fourth-order valence-corrected chi connectivity index (χ4v) is 1.37. The van der Waals surface area contributed by atoms with Crippen molar-refractivity contribution in [3.05, 3.63) is 29.8 Å². The second-order valence-corrected chi connectivity index (χ2v) is 3.53. The lowest BCUT2D eigenvalue weighted by molar-refractivity contribution is 0.0697. The van der Waals surface area contributed by atoms with Gasteiger partial charge >= 0.3 is 5.97 Å². The Hall–Kier alpha value is -1.55. The van der Waals surface area contributed by atoms with Crippen LogP contribution in [-0.4, -0.2) is 30.3 Å². The van der Waals surface area contributed by atoms with Crippen LogP contribution in [0.2, 0.25) is 0 Å². The highest BCUT2D eigenvalue weighted by Gasteiger charge is 2.04. The highest BCUT2D eigenvalue weighted by Crippen LogP contribution is 2.10. The lowest BCUT2D eigenvalue weighted by Crippen LogP contribution is -2.19. The largest absolute Gasteiger partial charge is 0.478 e. The van der Waals surface area contributed by atoms with Crippen LogP contribution in [0.25, 0.3) is 0 Å². The lowest BCUT2D eigenvalue weighted by Gasteiger charge is -2.13. The summed E-state index contributed by atoms with van der Waals surface area (Å²) in [6.45, 7) is 5.26. The van der Waals surface area contributed by atoms with E-state index in [0.29, 0.717) is 13.2 Å². The van der Waals surface area contributed by atoms with Crippen molar-refractivity contribution in [3.8, 4) is 0 Å². The molecule has 16 heavy (non-hydrogen) atoms. The number of anilines is 1. The molecule has 0 amide bonds. The molecule has 0 bridgehead atoms. The summed E-state index contributed by atoms with van der Waals surface area (Å²) in [6, 6.07) is 6.74. The molecule has 1 aromatic rings. The molecule has 1 atom stereocenters. The molecule has 0 aliphatic heterocycles. The lowest BCUT2D eigenvalue weighted by atomic mass is 10.2. The molecule has 0 saturated carbocycles. The molecule has 0 fully saturated rings. The number of nitrogens with one attached hydrogen (secondary N) is 1. The summed E-state index contributed by atoms with van der Waals surface area (Å²) >= 11 is 0. The first kappa shape index (κ1) is 12.5. The van der Waals surface area contributed by atoms with E-state index < -0.39 is 5.97 Å². The monoisotopic (exact) mass is 223 g/mol. The molecule has 1 unspecified atom stereocenters. The van der Waals surface area contributed by atoms with Crippen LogP contribution in [0, 0.1) is 0 Å². The average Bonchev–Trinajstić information content (AvgIpc) is 2.27. The maximum Gasteiger partial charge on any atom is 0.335 e. The first-order chi connectivity index (χ1) is 7.63. The standard InChI is InChI=1S/C12H17NO3/c1-3-16-9(2)8-13-11-6-4-5-10(7-11)12(14)15/h4-7,9,13H,3,8H2,1-2H3,(H,14,15). The first-order valence-electron chi connectivity index (χ1n) is 5.32. The molecule has 0 aromatic heterocycles. The molecule has 1 aromatic carbocycles. The Balaban J connectivity index is 2.54. The summed E-state index contributed by atoms with van der Waals surface area (Å²) in [4.78, 5) is 10.7. The van der Waals surface area contributed by atoms with E-state index in [2.05, 4.69) is 5.32 Å². The highest BCUT2D eigenvalue weighted by atomic mass is 16.5. The predicted molar refractivity (Wildman–Crippen MR) is 63.0 cm³/mol. The van der Waals surface area contributed by atoms with Crippen LogP contribution in [0.5, 0.6) is 0 Å². The second kappa shape index (κ2) is 6.12. The van der Waals surface area contributed by atoms with Crippen LogP contribution < -0.4 is 5.32 Å². The fourth-order valence-electron chi connectivity index (χ4n) is 1.37. The maximum absolute atomic E-state index is 10.7. The van der Waals surface area contributed by atoms with Crippen molar-refractivity contribution >= 4 is 11.7 Å². The Morgan fingerprint density at radius 2 is 2.31 bits per heavy atom. The summed E-state index contributed by atoms with van der Waals surface area (Å²) in [5, 5.41) is 12.0. The first-order valence-corrected chi connectivity index (χ1v) is 5.32. The number of carbonyl (C=O) groups is 1. The molecule has 4 heteroatoms. The number of rotatable bonds is 6. The van der Waals surface area contributed by atoms with Crippen molar-refractivity contribution in [3.63, 3.8) is 0 Å². The summed E-state index contributed by atoms with van der Waals surface area (Å²) < 4.78 is 5.36. The third-order valence-corrected chi connectivity index (χ3v) is 2.15. The minimum absolute atomic E-state index is 0.110. The van der Waals surface area contributed by atoms with Gasteiger partial charge in [0.15, 0.2) is 0 Å². The number of carboxylic acid groups (broad SMARTS) is 1. The van der Waals surface area contributed by atoms with E-state index in [1.165, 1.54) is 0 Å². The van der Waals surface area contributed by atoms with Crippen LogP contribution in [0.4, 0.5) is 5.69 Å². The summed E-state index contributed by atoms with van der Waals surface area (Å²) in [5.74, 6) is -0.915. The fraction of sp³-hybridized carbons (Fsp3) is 0.417. The average molecular weight is 223 g/mol. The molecule has 4 nitrogen and oxygen atoms in total. The third-order valence-electron chi connectivity index (χ3n) is 2.15. The van der Waals surface area contributed by atoms with Gasteiger partial charge in [-0.15, -0.1) is 0 Å². The van der Waals surface area contributed by atoms with Crippen LogP contribution in [0.15, 0.2) is 24.3 Å². The van der Waals surface area contributed by atoms with Gasteiger partial charge in [-0.05, 0) is 32.0 Å². The van der Waals surface area contributed by atoms with Gasteiger partial charge in [0.25, 0.3) is 0 Å². The Labute approximate surface area is 95.2 Å². The smallest absolute Gasteiger partial charge is 0.335 e. The number of hydrogen-bond acceptors (Lipinski definition) is 3. The molecule has 0 spiro atoms. The number of carboxylic acids is 1. The Morgan fingerprint density at radius 1 is 1.56 bits per heavy atom. The predicted octanol–water partition coefficient (Wildman–Crippen LogP) is 2.22. The molecular formula is C12H17NO3. The van der Waals surface area contributed by atoms with E-state index in [-0.39, 0.29) is 11.7 Å². The number of aromatic carboxylic acids is 1. The number of benzene rings is 1. The van der Waals surface area contributed by atoms with Crippen molar-refractivity contribution < 1.29 is 14.6 Å². The van der Waals surface area contributed by atoms with Gasteiger partial charge in [-0.25, -0.2) is 4.79 Å². The Morgan fingerprint density at radius 3 is 2.94 bits per heavy atom. The van der Waals surface area contributed by atoms with Gasteiger partial charge in [-0.1, -0.05) is 6.07 Å². The van der Waals surface area contributed by atoms with E-state index in [0.717, 1.165) is 5.69 Å². The minimum atomic E-state index is -0.915. The molecule has 88 valence electrons. The van der Waals surface area contributed by atoms with Gasteiger partial charge in [0.2, 0.25) is 0 Å². The molecule has 0 heterocycles. The highest BCUT2D eigenvalue weighted by molar-refractivity contribution is 5.88. The van der Waals surface area contributed by atoms with Gasteiger partial charge in [0, 0.05) is 18.8 Å². The normalized spacial score (nSPS) is 12.1. The summed E-state index contributed by atoms with van der Waals surface area (Å²) in [5.41, 5.74) is 1.08. The molecular weight excluding hydrogens is 206 g/mol. The molecule has 0 saturated heterocycles. The zero-order chi connectivity index (χ0) is 12.0. The molecule has 0 aliphatic carbocycles. The van der Waals surface area contributed by atoms with Gasteiger partial charge in [0.1, 0.15) is 0 Å². The zero-order valence-electron chi connectivity index (χ0n) is 9.56. The van der Waals surface area contributed by atoms with Crippen LogP contribution in [0.1, 0.15) is 24.2 Å². The topological polar surface area (TPSA) is 58.6 Å². The second-order valence-electron chi connectivity index (χ2n) is 3.53. The third kappa shape index (κ3) is 3.90. The van der Waals surface area contributed by atoms with Gasteiger partial charge in [0.05, 0.1) is 11.7 Å². The molecule has 2 N–H and O–H groups in total. The van der Waals surface area contributed by atoms with Crippen molar-refractivity contribution in [2.75, 3.05) is 18.5 Å². The van der Waals surface area contributed by atoms with Crippen LogP contribution in [0.3, 0.4) is 0 Å². The maximum atomic E-state index is 10.7. The summed E-state index contributed by atoms with van der Waals surface area (Å²) in [7, 11) is 0. The van der Waals surface area contributed by atoms with E-state index in [9.17, 15) is 4.79 Å². The van der Waals surface area contributed by atoms with E-state index in [1.54, 1.807) is 18.2 Å². The van der Waals surface area contributed by atoms with Crippen molar-refractivity contribution in [2.24, 2.45) is 0 Å². The van der Waals surface area contributed by atoms with Crippen molar-refractivity contribution in [1.82, 2.24) is 0 Å². The van der Waals surface area contributed by atoms with Gasteiger partial charge < -0.3 is 15.2 Å². The number of ether oxygens (including phenoxy) is 1. The van der Waals surface area contributed by atoms with E-state index in [4.69, 9.17) is 9.84 Å². The minimum Gasteiger partial charge on any atom is -0.478 e. The SMILES string of the molecule is CCOC(C)CNc1cccc(C(=O)O)c1. The van der Waals surface area contributed by atoms with E-state index >= 15 is 0 Å². The zero-order valence-corrected chi connectivity index (χ0v) is 9.56. The molecule has 0 radical (unpaired) electrons. The quantitative estimate of drug-likeness (QED) is 0.776. The van der Waals surface area contributed by atoms with Crippen molar-refractivity contribution in [1.29, 1.82) is 0 Å². The van der Waals surface area contributed by atoms with Crippen molar-refractivity contribution in [2.45, 2.75) is 20.0 Å². The molecule has 0 aliphatic rings. The van der Waals surface area contributed by atoms with Crippen LogP contribution >= 0.6 is 0 Å². The Bertz CT molecular complexity index is 352. The van der Waals surface area contributed by atoms with Crippen LogP contribution in [-0.2, 0) is 4.74 Å². The van der Waals surface area contributed by atoms with Gasteiger partial charge in [-0.3, -0.25) is 0 Å². The van der Waals surface area contributed by atoms with Gasteiger partial charge in [-0.2, -0.15) is 0 Å². The summed E-state index contributed by atoms with van der Waals surface area (Å²) in [6.07, 6.45) is 0.110. The molecule has 1 rings (SSSR count). The number of hydrogen-bond donors (Lipinski definition) is 2.